The van der Waals surface area contributed by atoms with Gasteiger partial charge in [-0.05, 0) is 55.3 Å². The van der Waals surface area contributed by atoms with Crippen molar-refractivity contribution >= 4 is 0 Å². The molecule has 0 aliphatic rings. The van der Waals surface area contributed by atoms with E-state index in [4.69, 9.17) is 0 Å². The Morgan fingerprint density at radius 3 is 2.44 bits per heavy atom. The lowest BCUT2D eigenvalue weighted by molar-refractivity contribution is 0.322. The van der Waals surface area contributed by atoms with E-state index in [1.807, 2.05) is 0 Å². The molecule has 0 bridgehead atoms. The molecule has 0 amide bonds. The monoisotopic (exact) mass is 247 g/mol. The van der Waals surface area contributed by atoms with Crippen LogP contribution >= 0.6 is 0 Å². The summed E-state index contributed by atoms with van der Waals surface area (Å²) in [5.41, 5.74) is 3.28. The van der Waals surface area contributed by atoms with Crippen molar-refractivity contribution in [2.24, 2.45) is 11.3 Å². The molecule has 1 aromatic rings. The van der Waals surface area contributed by atoms with Crippen molar-refractivity contribution in [3.05, 3.63) is 35.4 Å². The van der Waals surface area contributed by atoms with Crippen molar-refractivity contribution in [3.8, 4) is 0 Å². The molecule has 1 N–H and O–H groups in total. The van der Waals surface area contributed by atoms with Crippen molar-refractivity contribution in [1.29, 1.82) is 0 Å². The molecule has 0 atom stereocenters. The topological polar surface area (TPSA) is 12.0 Å². The first-order chi connectivity index (χ1) is 8.41. The van der Waals surface area contributed by atoms with Crippen molar-refractivity contribution in [1.82, 2.24) is 5.32 Å². The van der Waals surface area contributed by atoms with E-state index in [0.29, 0.717) is 5.41 Å². The van der Waals surface area contributed by atoms with Crippen LogP contribution in [0.2, 0.25) is 0 Å². The van der Waals surface area contributed by atoms with Crippen LogP contribution in [0.1, 0.15) is 45.2 Å². The number of hydrogen-bond donors (Lipinski definition) is 1. The number of hydrogen-bond acceptors (Lipinski definition) is 1. The van der Waals surface area contributed by atoms with Crippen LogP contribution in [-0.4, -0.2) is 13.1 Å². The zero-order valence-corrected chi connectivity index (χ0v) is 12.7. The molecule has 0 aliphatic heterocycles. The SMILES string of the molecule is Cc1ccccc1CC(C)(C)CCNCC(C)C. The zero-order valence-electron chi connectivity index (χ0n) is 12.7. The van der Waals surface area contributed by atoms with E-state index in [1.165, 1.54) is 24.0 Å². The van der Waals surface area contributed by atoms with Gasteiger partial charge in [0.15, 0.2) is 0 Å². The second-order valence-electron chi connectivity index (χ2n) is 6.62. The van der Waals surface area contributed by atoms with Crippen LogP contribution in [0.4, 0.5) is 0 Å². The molecular weight excluding hydrogens is 218 g/mol. The van der Waals surface area contributed by atoms with Crippen molar-refractivity contribution in [3.63, 3.8) is 0 Å². The summed E-state index contributed by atoms with van der Waals surface area (Å²) in [6.45, 7) is 13.7. The zero-order chi connectivity index (χ0) is 13.6. The number of benzene rings is 1. The minimum atomic E-state index is 0.371. The molecule has 1 heteroatoms. The Bertz CT molecular complexity index is 352. The highest BCUT2D eigenvalue weighted by Crippen LogP contribution is 2.26. The predicted octanol–water partition coefficient (Wildman–Crippen LogP) is 4.20. The molecule has 102 valence electrons. The smallest absolute Gasteiger partial charge is 0.00258 e. The van der Waals surface area contributed by atoms with Gasteiger partial charge >= 0.3 is 0 Å². The quantitative estimate of drug-likeness (QED) is 0.712. The van der Waals surface area contributed by atoms with Crippen LogP contribution in [0.3, 0.4) is 0 Å². The van der Waals surface area contributed by atoms with Crippen molar-refractivity contribution < 1.29 is 0 Å². The molecular formula is C17H29N. The third-order valence-electron chi connectivity index (χ3n) is 3.46. The van der Waals surface area contributed by atoms with E-state index in [0.717, 1.165) is 19.0 Å². The van der Waals surface area contributed by atoms with Gasteiger partial charge in [-0.3, -0.25) is 0 Å². The minimum Gasteiger partial charge on any atom is -0.316 e. The standard InChI is InChI=1S/C17H29N/c1-14(2)13-18-11-10-17(4,5)12-16-9-7-6-8-15(16)3/h6-9,14,18H,10-13H2,1-5H3. The maximum atomic E-state index is 3.54. The normalized spacial score (nSPS) is 12.1. The van der Waals surface area contributed by atoms with Crippen LogP contribution in [-0.2, 0) is 6.42 Å². The molecule has 0 saturated heterocycles. The fourth-order valence-corrected chi connectivity index (χ4v) is 2.23. The van der Waals surface area contributed by atoms with Crippen molar-refractivity contribution in [2.45, 2.75) is 47.5 Å². The Kier molecular flexibility index (Phi) is 5.87. The average Bonchev–Trinajstić information content (AvgIpc) is 2.27. The molecule has 1 aromatic carbocycles. The molecule has 0 heterocycles. The minimum absolute atomic E-state index is 0.371. The first-order valence-electron chi connectivity index (χ1n) is 7.16. The largest absolute Gasteiger partial charge is 0.316 e. The third kappa shape index (κ3) is 5.68. The molecule has 0 aromatic heterocycles. The van der Waals surface area contributed by atoms with Gasteiger partial charge in [0.25, 0.3) is 0 Å². The fraction of sp³-hybridized carbons (Fsp3) is 0.647. The van der Waals surface area contributed by atoms with Crippen LogP contribution < -0.4 is 5.32 Å². The molecule has 0 spiro atoms. The Morgan fingerprint density at radius 1 is 1.17 bits per heavy atom. The van der Waals surface area contributed by atoms with Crippen LogP contribution in [0.5, 0.6) is 0 Å². The summed E-state index contributed by atoms with van der Waals surface area (Å²) in [7, 11) is 0. The summed E-state index contributed by atoms with van der Waals surface area (Å²) in [4.78, 5) is 0. The second-order valence-corrected chi connectivity index (χ2v) is 6.62. The van der Waals surface area contributed by atoms with E-state index < -0.39 is 0 Å². The van der Waals surface area contributed by atoms with Gasteiger partial charge < -0.3 is 5.32 Å². The maximum Gasteiger partial charge on any atom is -0.00258 e. The van der Waals surface area contributed by atoms with Gasteiger partial charge in [0.2, 0.25) is 0 Å². The van der Waals surface area contributed by atoms with E-state index >= 15 is 0 Å². The van der Waals surface area contributed by atoms with Gasteiger partial charge in [-0.2, -0.15) is 0 Å². The van der Waals surface area contributed by atoms with Crippen molar-refractivity contribution in [2.75, 3.05) is 13.1 Å². The molecule has 1 rings (SSSR count). The van der Waals surface area contributed by atoms with E-state index in [1.54, 1.807) is 0 Å². The summed E-state index contributed by atoms with van der Waals surface area (Å²) in [6, 6.07) is 8.74. The summed E-state index contributed by atoms with van der Waals surface area (Å²) in [5, 5.41) is 3.54. The first-order valence-corrected chi connectivity index (χ1v) is 7.16. The molecule has 18 heavy (non-hydrogen) atoms. The molecule has 0 fully saturated rings. The highest BCUT2D eigenvalue weighted by Gasteiger charge is 2.18. The Hall–Kier alpha value is -0.820. The lowest BCUT2D eigenvalue weighted by Crippen LogP contribution is -2.26. The molecule has 0 radical (unpaired) electrons. The van der Waals surface area contributed by atoms with Gasteiger partial charge in [0.05, 0.1) is 0 Å². The Labute approximate surface area is 113 Å². The molecule has 0 aliphatic carbocycles. The van der Waals surface area contributed by atoms with Gasteiger partial charge in [0, 0.05) is 0 Å². The predicted molar refractivity (Wildman–Crippen MR) is 81.0 cm³/mol. The fourth-order valence-electron chi connectivity index (χ4n) is 2.23. The maximum absolute atomic E-state index is 3.54. The highest BCUT2D eigenvalue weighted by atomic mass is 14.8. The van der Waals surface area contributed by atoms with Crippen LogP contribution in [0.25, 0.3) is 0 Å². The van der Waals surface area contributed by atoms with Crippen LogP contribution in [0.15, 0.2) is 24.3 Å². The molecule has 1 nitrogen and oxygen atoms in total. The number of aryl methyl sites for hydroxylation is 1. The number of nitrogens with one attached hydrogen (secondary N) is 1. The van der Waals surface area contributed by atoms with E-state index in [9.17, 15) is 0 Å². The molecule has 0 unspecified atom stereocenters. The Balaban J connectivity index is 2.42. The average molecular weight is 247 g/mol. The summed E-state index contributed by atoms with van der Waals surface area (Å²) in [6.07, 6.45) is 2.40. The summed E-state index contributed by atoms with van der Waals surface area (Å²) >= 11 is 0. The van der Waals surface area contributed by atoms with Gasteiger partial charge in [0.1, 0.15) is 0 Å². The van der Waals surface area contributed by atoms with Gasteiger partial charge in [-0.15, -0.1) is 0 Å². The highest BCUT2D eigenvalue weighted by molar-refractivity contribution is 5.26. The first kappa shape index (κ1) is 15.2. The Morgan fingerprint density at radius 2 is 1.83 bits per heavy atom. The van der Waals surface area contributed by atoms with Gasteiger partial charge in [-0.1, -0.05) is 52.0 Å². The number of rotatable bonds is 7. The lowest BCUT2D eigenvalue weighted by atomic mass is 9.81. The summed E-state index contributed by atoms with van der Waals surface area (Å²) in [5.74, 6) is 0.740. The van der Waals surface area contributed by atoms with Crippen LogP contribution in [0, 0.1) is 18.3 Å². The second kappa shape index (κ2) is 6.94. The van der Waals surface area contributed by atoms with Gasteiger partial charge in [-0.25, -0.2) is 0 Å². The third-order valence-corrected chi connectivity index (χ3v) is 3.46. The summed E-state index contributed by atoms with van der Waals surface area (Å²) < 4.78 is 0. The van der Waals surface area contributed by atoms with E-state index in [-0.39, 0.29) is 0 Å². The lowest BCUT2D eigenvalue weighted by Gasteiger charge is -2.26. The molecule has 0 saturated carbocycles. The van der Waals surface area contributed by atoms with E-state index in [2.05, 4.69) is 64.2 Å².